The molecular weight excluding hydrogens is 368 g/mol. The molecule has 0 saturated carbocycles. The second-order valence-electron chi connectivity index (χ2n) is 7.35. The molecule has 0 radical (unpaired) electrons. The van der Waals surface area contributed by atoms with Gasteiger partial charge in [-0.3, -0.25) is 4.72 Å². The lowest BCUT2D eigenvalue weighted by atomic mass is 9.87. The van der Waals surface area contributed by atoms with Crippen molar-refractivity contribution in [2.24, 2.45) is 7.05 Å². The van der Waals surface area contributed by atoms with Crippen LogP contribution in [0.3, 0.4) is 0 Å². The van der Waals surface area contributed by atoms with Gasteiger partial charge in [0.05, 0.1) is 11.9 Å². The maximum Gasteiger partial charge on any atom is 0.229 e. The van der Waals surface area contributed by atoms with Crippen LogP contribution in [0.15, 0.2) is 36.5 Å². The lowest BCUT2D eigenvalue weighted by Gasteiger charge is -2.19. The van der Waals surface area contributed by atoms with Gasteiger partial charge in [0.15, 0.2) is 5.11 Å². The molecule has 1 aromatic carbocycles. The van der Waals surface area contributed by atoms with Gasteiger partial charge in [0, 0.05) is 25.9 Å². The van der Waals surface area contributed by atoms with Crippen LogP contribution in [0.2, 0.25) is 0 Å². The average molecular weight is 395 g/mol. The molecule has 3 N–H and O–H groups in total. The normalized spacial score (nSPS) is 11.9. The molecule has 1 heterocycles. The molecular formula is C18H26N4O2S2. The van der Waals surface area contributed by atoms with E-state index < -0.39 is 10.0 Å². The van der Waals surface area contributed by atoms with Gasteiger partial charge in [-0.15, -0.1) is 0 Å². The molecule has 0 spiro atoms. The zero-order valence-electron chi connectivity index (χ0n) is 15.8. The van der Waals surface area contributed by atoms with Gasteiger partial charge >= 0.3 is 0 Å². The van der Waals surface area contributed by atoms with E-state index in [0.29, 0.717) is 23.2 Å². The predicted molar refractivity (Wildman–Crippen MR) is 112 cm³/mol. The minimum Gasteiger partial charge on any atom is -0.358 e. The Labute approximate surface area is 161 Å². The summed E-state index contributed by atoms with van der Waals surface area (Å²) >= 11 is 5.32. The fourth-order valence-corrected chi connectivity index (χ4v) is 3.14. The minimum atomic E-state index is -3.31. The van der Waals surface area contributed by atoms with Crippen molar-refractivity contribution < 1.29 is 8.42 Å². The third kappa shape index (κ3) is 6.03. The molecule has 0 aliphatic rings. The number of benzene rings is 1. The molecule has 2 rings (SSSR count). The first-order valence-electron chi connectivity index (χ1n) is 8.22. The number of aromatic nitrogens is 1. The third-order valence-electron chi connectivity index (χ3n) is 3.82. The van der Waals surface area contributed by atoms with E-state index in [0.717, 1.165) is 11.8 Å². The number of rotatable bonds is 5. The van der Waals surface area contributed by atoms with E-state index in [1.54, 1.807) is 16.8 Å². The zero-order chi connectivity index (χ0) is 19.5. The van der Waals surface area contributed by atoms with E-state index in [9.17, 15) is 8.42 Å². The van der Waals surface area contributed by atoms with Gasteiger partial charge in [-0.25, -0.2) is 8.42 Å². The van der Waals surface area contributed by atoms with Crippen LogP contribution in [-0.4, -0.2) is 24.4 Å². The Hall–Kier alpha value is -2.06. The second kappa shape index (κ2) is 7.67. The van der Waals surface area contributed by atoms with E-state index >= 15 is 0 Å². The van der Waals surface area contributed by atoms with Crippen molar-refractivity contribution in [2.75, 3.05) is 16.3 Å². The van der Waals surface area contributed by atoms with Crippen LogP contribution in [-0.2, 0) is 29.0 Å². The van der Waals surface area contributed by atoms with Crippen molar-refractivity contribution in [1.29, 1.82) is 0 Å². The maximum atomic E-state index is 11.3. The van der Waals surface area contributed by atoms with E-state index in [4.69, 9.17) is 12.2 Å². The predicted octanol–water partition coefficient (Wildman–Crippen LogP) is 3.18. The van der Waals surface area contributed by atoms with Gasteiger partial charge in [0.25, 0.3) is 0 Å². The number of hydrogen-bond acceptors (Lipinski definition) is 3. The first kappa shape index (κ1) is 20.3. The largest absolute Gasteiger partial charge is 0.358 e. The van der Waals surface area contributed by atoms with E-state index in [1.165, 1.54) is 5.56 Å². The fourth-order valence-electron chi connectivity index (χ4n) is 2.42. The summed E-state index contributed by atoms with van der Waals surface area (Å²) in [7, 11) is -1.50. The van der Waals surface area contributed by atoms with Gasteiger partial charge in [0.2, 0.25) is 10.0 Å². The van der Waals surface area contributed by atoms with Crippen molar-refractivity contribution in [2.45, 2.75) is 32.7 Å². The highest BCUT2D eigenvalue weighted by atomic mass is 32.2. The highest BCUT2D eigenvalue weighted by Gasteiger charge is 2.13. The van der Waals surface area contributed by atoms with Crippen molar-refractivity contribution in [3.8, 4) is 0 Å². The summed E-state index contributed by atoms with van der Waals surface area (Å²) in [6.07, 6.45) is 2.79. The standard InChI is InChI=1S/C18H26N4O2S2/c1-18(2,3)14-8-6-13(7-9-14)11-19-17(25)20-16-10-15(12-22(16)4)21-26(5,23)24/h6-10,12,21H,11H2,1-5H3,(H2,19,20,25). The smallest absolute Gasteiger partial charge is 0.229 e. The molecule has 1 aromatic heterocycles. The molecule has 0 aliphatic heterocycles. The average Bonchev–Trinajstić information content (AvgIpc) is 2.82. The number of nitrogens with one attached hydrogen (secondary N) is 3. The van der Waals surface area contributed by atoms with Crippen molar-refractivity contribution in [3.63, 3.8) is 0 Å². The van der Waals surface area contributed by atoms with Gasteiger partial charge in [-0.05, 0) is 28.8 Å². The molecule has 142 valence electrons. The molecule has 0 atom stereocenters. The molecule has 8 heteroatoms. The highest BCUT2D eigenvalue weighted by Crippen LogP contribution is 2.22. The van der Waals surface area contributed by atoms with Gasteiger partial charge in [0.1, 0.15) is 5.82 Å². The molecule has 0 saturated heterocycles. The Morgan fingerprint density at radius 1 is 1.19 bits per heavy atom. The number of sulfonamides is 1. The summed E-state index contributed by atoms with van der Waals surface area (Å²) in [5.74, 6) is 0.691. The highest BCUT2D eigenvalue weighted by molar-refractivity contribution is 7.92. The van der Waals surface area contributed by atoms with Gasteiger partial charge < -0.3 is 15.2 Å². The summed E-state index contributed by atoms with van der Waals surface area (Å²) in [5, 5.41) is 6.70. The Morgan fingerprint density at radius 3 is 2.35 bits per heavy atom. The Bertz CT molecular complexity index is 879. The third-order valence-corrected chi connectivity index (χ3v) is 4.68. The topological polar surface area (TPSA) is 75.2 Å². The number of anilines is 2. The lowest BCUT2D eigenvalue weighted by molar-refractivity contribution is 0.590. The zero-order valence-corrected chi connectivity index (χ0v) is 17.4. The second-order valence-corrected chi connectivity index (χ2v) is 9.51. The van der Waals surface area contributed by atoms with Crippen molar-refractivity contribution >= 4 is 38.9 Å². The molecule has 26 heavy (non-hydrogen) atoms. The molecule has 0 bridgehead atoms. The molecule has 2 aromatic rings. The number of hydrogen-bond donors (Lipinski definition) is 3. The monoisotopic (exact) mass is 394 g/mol. The van der Waals surface area contributed by atoms with Crippen LogP contribution in [0.25, 0.3) is 0 Å². The minimum absolute atomic E-state index is 0.132. The Kier molecular flexibility index (Phi) is 5.98. The summed E-state index contributed by atoms with van der Waals surface area (Å²) in [5.41, 5.74) is 3.04. The summed E-state index contributed by atoms with van der Waals surface area (Å²) in [6.45, 7) is 7.17. The van der Waals surface area contributed by atoms with Gasteiger partial charge in [-0.1, -0.05) is 45.0 Å². The first-order chi connectivity index (χ1) is 11.9. The van der Waals surface area contributed by atoms with Crippen molar-refractivity contribution in [1.82, 2.24) is 9.88 Å². The van der Waals surface area contributed by atoms with E-state index in [1.807, 2.05) is 7.05 Å². The number of thiocarbonyl (C=S) groups is 1. The summed E-state index contributed by atoms with van der Waals surface area (Å²) < 4.78 is 26.8. The lowest BCUT2D eigenvalue weighted by Crippen LogP contribution is -2.28. The molecule has 0 amide bonds. The van der Waals surface area contributed by atoms with Crippen LogP contribution in [0.1, 0.15) is 31.9 Å². The molecule has 0 fully saturated rings. The van der Waals surface area contributed by atoms with Gasteiger partial charge in [-0.2, -0.15) is 0 Å². The van der Waals surface area contributed by atoms with Crippen LogP contribution < -0.4 is 15.4 Å². The number of aryl methyl sites for hydroxylation is 1. The molecule has 0 aliphatic carbocycles. The fraction of sp³-hybridized carbons (Fsp3) is 0.389. The molecule has 6 nitrogen and oxygen atoms in total. The van der Waals surface area contributed by atoms with Crippen LogP contribution in [0.5, 0.6) is 0 Å². The van der Waals surface area contributed by atoms with Crippen LogP contribution in [0, 0.1) is 0 Å². The first-order valence-corrected chi connectivity index (χ1v) is 10.5. The SMILES string of the molecule is Cn1cc(NS(C)(=O)=O)cc1NC(=S)NCc1ccc(C(C)(C)C)cc1. The Balaban J connectivity index is 1.93. The number of nitrogens with zero attached hydrogens (tertiary/aromatic N) is 1. The Morgan fingerprint density at radius 2 is 1.81 bits per heavy atom. The summed E-state index contributed by atoms with van der Waals surface area (Å²) in [4.78, 5) is 0. The van der Waals surface area contributed by atoms with Crippen LogP contribution >= 0.6 is 12.2 Å². The van der Waals surface area contributed by atoms with Crippen molar-refractivity contribution in [3.05, 3.63) is 47.7 Å². The maximum absolute atomic E-state index is 11.3. The summed E-state index contributed by atoms with van der Waals surface area (Å²) in [6, 6.07) is 10.1. The van der Waals surface area contributed by atoms with Crippen LogP contribution in [0.4, 0.5) is 11.5 Å². The van der Waals surface area contributed by atoms with E-state index in [2.05, 4.69) is 60.4 Å². The van der Waals surface area contributed by atoms with E-state index in [-0.39, 0.29) is 5.41 Å². The molecule has 0 unspecified atom stereocenters. The quantitative estimate of drug-likeness (QED) is 0.679.